The molecule has 1 atom stereocenters. The van der Waals surface area contributed by atoms with Crippen LogP contribution in [0.15, 0.2) is 18.6 Å². The lowest BCUT2D eigenvalue weighted by Crippen LogP contribution is -2.66. The molecule has 1 spiro atoms. The molecule has 2 saturated heterocycles. The Balaban J connectivity index is 1.50. The number of nitrogens with one attached hydrogen (secondary N) is 1. The Morgan fingerprint density at radius 2 is 2.29 bits per heavy atom. The molecule has 0 bridgehead atoms. The van der Waals surface area contributed by atoms with Crippen LogP contribution in [-0.4, -0.2) is 72.2 Å². The molecular formula is C16H22N4O4. The van der Waals surface area contributed by atoms with Crippen molar-refractivity contribution < 1.29 is 19.1 Å². The average Bonchev–Trinajstić information content (AvgIpc) is 2.98. The Kier molecular flexibility index (Phi) is 5.06. The summed E-state index contributed by atoms with van der Waals surface area (Å²) < 4.78 is 10.7. The summed E-state index contributed by atoms with van der Waals surface area (Å²) in [5, 5.41) is 2.84. The van der Waals surface area contributed by atoms with Gasteiger partial charge in [-0.25, -0.2) is 4.98 Å². The van der Waals surface area contributed by atoms with Crippen LogP contribution in [0.3, 0.4) is 0 Å². The Hall–Kier alpha value is -2.06. The molecular weight excluding hydrogens is 312 g/mol. The molecule has 3 rings (SSSR count). The van der Waals surface area contributed by atoms with Gasteiger partial charge in [-0.05, 0) is 18.8 Å². The zero-order valence-corrected chi connectivity index (χ0v) is 13.7. The standard InChI is InChI=1S/C16H22N4O4/c1-23-9-14(21)19-4-2-12-3-7-24-16(12)10-20(11-16)15(22)13-8-17-5-6-18-13/h5-6,8,12H,2-4,7,9-11H2,1H3,(H,19,21)/t12-/m0/s1. The van der Waals surface area contributed by atoms with Gasteiger partial charge in [0.1, 0.15) is 17.9 Å². The van der Waals surface area contributed by atoms with E-state index in [0.717, 1.165) is 12.8 Å². The first-order chi connectivity index (χ1) is 11.6. The summed E-state index contributed by atoms with van der Waals surface area (Å²) >= 11 is 0. The number of likely N-dealkylation sites (tertiary alicyclic amines) is 1. The van der Waals surface area contributed by atoms with E-state index in [-0.39, 0.29) is 24.0 Å². The van der Waals surface area contributed by atoms with Gasteiger partial charge in [-0.3, -0.25) is 14.6 Å². The van der Waals surface area contributed by atoms with Gasteiger partial charge in [-0.2, -0.15) is 0 Å². The molecule has 0 aromatic carbocycles. The molecule has 2 amide bonds. The van der Waals surface area contributed by atoms with Crippen LogP contribution in [0.25, 0.3) is 0 Å². The Labute approximate surface area is 140 Å². The normalized spacial score (nSPS) is 21.5. The van der Waals surface area contributed by atoms with E-state index in [0.29, 0.717) is 37.9 Å². The van der Waals surface area contributed by atoms with E-state index in [9.17, 15) is 9.59 Å². The predicted molar refractivity (Wildman–Crippen MR) is 84.2 cm³/mol. The van der Waals surface area contributed by atoms with Crippen molar-refractivity contribution in [3.8, 4) is 0 Å². The van der Waals surface area contributed by atoms with E-state index in [2.05, 4.69) is 15.3 Å². The highest BCUT2D eigenvalue weighted by molar-refractivity contribution is 5.92. The number of amides is 2. The first-order valence-electron chi connectivity index (χ1n) is 8.09. The second-order valence-electron chi connectivity index (χ2n) is 6.22. The van der Waals surface area contributed by atoms with Crippen LogP contribution in [0.4, 0.5) is 0 Å². The predicted octanol–water partition coefficient (Wildman–Crippen LogP) is -0.140. The first-order valence-corrected chi connectivity index (χ1v) is 8.09. The van der Waals surface area contributed by atoms with Gasteiger partial charge in [0.05, 0.1) is 19.3 Å². The van der Waals surface area contributed by atoms with Crippen LogP contribution in [0, 0.1) is 5.92 Å². The zero-order valence-electron chi connectivity index (χ0n) is 13.7. The fourth-order valence-corrected chi connectivity index (χ4v) is 3.43. The summed E-state index contributed by atoms with van der Waals surface area (Å²) in [7, 11) is 1.50. The molecule has 0 unspecified atom stereocenters. The van der Waals surface area contributed by atoms with Crippen LogP contribution < -0.4 is 5.32 Å². The third kappa shape index (κ3) is 3.39. The van der Waals surface area contributed by atoms with E-state index in [1.165, 1.54) is 19.5 Å². The van der Waals surface area contributed by atoms with Crippen molar-refractivity contribution in [2.75, 3.05) is 40.0 Å². The van der Waals surface area contributed by atoms with Gasteiger partial charge in [-0.1, -0.05) is 0 Å². The smallest absolute Gasteiger partial charge is 0.274 e. The molecule has 130 valence electrons. The van der Waals surface area contributed by atoms with E-state index in [1.807, 2.05) is 0 Å². The monoisotopic (exact) mass is 334 g/mol. The fourth-order valence-electron chi connectivity index (χ4n) is 3.43. The maximum Gasteiger partial charge on any atom is 0.274 e. The second-order valence-corrected chi connectivity index (χ2v) is 6.22. The van der Waals surface area contributed by atoms with Crippen LogP contribution >= 0.6 is 0 Å². The van der Waals surface area contributed by atoms with Gasteiger partial charge in [0.15, 0.2) is 0 Å². The third-order valence-corrected chi connectivity index (χ3v) is 4.68. The van der Waals surface area contributed by atoms with Gasteiger partial charge in [0.2, 0.25) is 5.91 Å². The minimum absolute atomic E-state index is 0.0761. The number of rotatable bonds is 6. The summed E-state index contributed by atoms with van der Waals surface area (Å²) in [6.07, 6.45) is 6.32. The number of carbonyl (C=O) groups is 2. The first kappa shape index (κ1) is 16.8. The average molecular weight is 334 g/mol. The summed E-state index contributed by atoms with van der Waals surface area (Å²) in [6, 6.07) is 0. The maximum absolute atomic E-state index is 12.3. The zero-order chi connectivity index (χ0) is 17.0. The molecule has 1 aromatic heterocycles. The minimum Gasteiger partial charge on any atom is -0.375 e. The van der Waals surface area contributed by atoms with E-state index < -0.39 is 0 Å². The quantitative estimate of drug-likeness (QED) is 0.778. The number of methoxy groups -OCH3 is 1. The van der Waals surface area contributed by atoms with Crippen molar-refractivity contribution in [2.45, 2.75) is 18.4 Å². The van der Waals surface area contributed by atoms with Crippen LogP contribution in [0.1, 0.15) is 23.3 Å². The Bertz CT molecular complexity index is 589. The van der Waals surface area contributed by atoms with Crippen LogP contribution in [0.5, 0.6) is 0 Å². The number of hydrogen-bond donors (Lipinski definition) is 1. The molecule has 0 saturated carbocycles. The molecule has 24 heavy (non-hydrogen) atoms. The van der Waals surface area contributed by atoms with Crippen LogP contribution in [0.2, 0.25) is 0 Å². The lowest BCUT2D eigenvalue weighted by molar-refractivity contribution is -0.126. The highest BCUT2D eigenvalue weighted by Crippen LogP contribution is 2.41. The van der Waals surface area contributed by atoms with Crippen LogP contribution in [-0.2, 0) is 14.3 Å². The van der Waals surface area contributed by atoms with Gasteiger partial charge in [-0.15, -0.1) is 0 Å². The van der Waals surface area contributed by atoms with Crippen molar-refractivity contribution >= 4 is 11.8 Å². The number of nitrogens with zero attached hydrogens (tertiary/aromatic N) is 3. The molecule has 2 aliphatic rings. The lowest BCUT2D eigenvalue weighted by atomic mass is 9.79. The van der Waals surface area contributed by atoms with E-state index in [4.69, 9.17) is 9.47 Å². The number of ether oxygens (including phenoxy) is 2. The summed E-state index contributed by atoms with van der Waals surface area (Å²) in [6.45, 7) is 2.50. The van der Waals surface area contributed by atoms with Gasteiger partial charge < -0.3 is 19.7 Å². The largest absolute Gasteiger partial charge is 0.375 e. The van der Waals surface area contributed by atoms with E-state index in [1.54, 1.807) is 11.1 Å². The Morgan fingerprint density at radius 3 is 3.00 bits per heavy atom. The molecule has 3 heterocycles. The topological polar surface area (TPSA) is 93.7 Å². The van der Waals surface area contributed by atoms with Gasteiger partial charge in [0, 0.05) is 32.7 Å². The molecule has 2 aliphatic heterocycles. The SMILES string of the molecule is COCC(=O)NCC[C@H]1CCOC12CN(C(=O)c1cnccn1)C2. The van der Waals surface area contributed by atoms with Crippen molar-refractivity contribution in [1.82, 2.24) is 20.2 Å². The summed E-state index contributed by atoms with van der Waals surface area (Å²) in [4.78, 5) is 33.5. The summed E-state index contributed by atoms with van der Waals surface area (Å²) in [5.41, 5.74) is 0.0813. The fraction of sp³-hybridized carbons (Fsp3) is 0.625. The maximum atomic E-state index is 12.3. The second kappa shape index (κ2) is 7.23. The number of aromatic nitrogens is 2. The van der Waals surface area contributed by atoms with Crippen molar-refractivity contribution in [3.05, 3.63) is 24.3 Å². The van der Waals surface area contributed by atoms with Crippen molar-refractivity contribution in [2.24, 2.45) is 5.92 Å². The molecule has 8 nitrogen and oxygen atoms in total. The van der Waals surface area contributed by atoms with Gasteiger partial charge in [0.25, 0.3) is 5.91 Å². The molecule has 8 heteroatoms. The lowest BCUT2D eigenvalue weighted by Gasteiger charge is -2.50. The number of carbonyl (C=O) groups excluding carboxylic acids is 2. The number of hydrogen-bond acceptors (Lipinski definition) is 6. The Morgan fingerprint density at radius 1 is 1.46 bits per heavy atom. The van der Waals surface area contributed by atoms with Crippen molar-refractivity contribution in [3.63, 3.8) is 0 Å². The molecule has 1 N–H and O–H groups in total. The molecule has 0 radical (unpaired) electrons. The summed E-state index contributed by atoms with van der Waals surface area (Å²) in [5.74, 6) is 0.112. The molecule has 0 aliphatic carbocycles. The van der Waals surface area contributed by atoms with Crippen molar-refractivity contribution in [1.29, 1.82) is 0 Å². The highest BCUT2D eigenvalue weighted by Gasteiger charge is 2.54. The van der Waals surface area contributed by atoms with Gasteiger partial charge >= 0.3 is 0 Å². The molecule has 2 fully saturated rings. The highest BCUT2D eigenvalue weighted by atomic mass is 16.5. The third-order valence-electron chi connectivity index (χ3n) is 4.68. The minimum atomic E-state index is -0.274. The van der Waals surface area contributed by atoms with E-state index >= 15 is 0 Å². The molecule has 1 aromatic rings.